The van der Waals surface area contributed by atoms with E-state index in [2.05, 4.69) is 10.3 Å². The zero-order chi connectivity index (χ0) is 13.7. The number of aliphatic hydroxyl groups is 1. The van der Waals surface area contributed by atoms with Crippen molar-refractivity contribution in [3.63, 3.8) is 0 Å². The first-order valence-corrected chi connectivity index (χ1v) is 5.98. The number of imidazole rings is 1. The van der Waals surface area contributed by atoms with Crippen LogP contribution in [-0.4, -0.2) is 27.2 Å². The summed E-state index contributed by atoms with van der Waals surface area (Å²) >= 11 is 0. The smallest absolute Gasteiger partial charge is 0.330 e. The lowest BCUT2D eigenvalue weighted by Crippen LogP contribution is -2.14. The van der Waals surface area contributed by atoms with Crippen LogP contribution in [0.25, 0.3) is 5.69 Å². The second-order valence-corrected chi connectivity index (χ2v) is 4.06. The van der Waals surface area contributed by atoms with Gasteiger partial charge in [-0.05, 0) is 30.7 Å². The first-order chi connectivity index (χ1) is 9.20. The molecule has 6 heteroatoms. The van der Waals surface area contributed by atoms with Crippen LogP contribution in [0.1, 0.15) is 12.8 Å². The lowest BCUT2D eigenvalue weighted by Gasteiger charge is -2.06. The maximum atomic E-state index is 11.5. The number of anilines is 1. The topological polar surface area (TPSA) is 87.1 Å². The van der Waals surface area contributed by atoms with Crippen LogP contribution in [0.4, 0.5) is 5.69 Å². The van der Waals surface area contributed by atoms with Crippen molar-refractivity contribution in [2.24, 2.45) is 0 Å². The minimum absolute atomic E-state index is 0.00274. The summed E-state index contributed by atoms with van der Waals surface area (Å²) in [6.07, 6.45) is 3.93. The average Bonchev–Trinajstić information content (AvgIpc) is 2.83. The molecule has 1 aromatic carbocycles. The molecule has 0 atom stereocenters. The number of nitrogens with zero attached hydrogens (tertiary/aromatic N) is 1. The number of carbonyl (C=O) groups is 1. The summed E-state index contributed by atoms with van der Waals surface area (Å²) in [4.78, 5) is 25.4. The van der Waals surface area contributed by atoms with Gasteiger partial charge in [0.2, 0.25) is 5.91 Å². The molecule has 1 aromatic heterocycles. The number of nitrogens with one attached hydrogen (secondary N) is 2. The molecule has 2 aromatic rings. The standard InChI is InChI=1S/C13H15N3O3/c17-9-1-2-12(18)15-10-3-5-11(6-4-10)16-8-7-14-13(16)19/h3-8,17H,1-2,9H2,(H,14,19)(H,15,18). The van der Waals surface area contributed by atoms with Gasteiger partial charge in [0, 0.05) is 31.1 Å². The van der Waals surface area contributed by atoms with Crippen molar-refractivity contribution in [1.82, 2.24) is 9.55 Å². The Labute approximate surface area is 109 Å². The average molecular weight is 261 g/mol. The SMILES string of the molecule is O=C(CCCO)Nc1ccc(-n2cc[nH]c2=O)cc1. The van der Waals surface area contributed by atoms with Gasteiger partial charge in [-0.25, -0.2) is 4.79 Å². The third-order valence-corrected chi connectivity index (χ3v) is 2.64. The Morgan fingerprint density at radius 3 is 2.63 bits per heavy atom. The van der Waals surface area contributed by atoms with Crippen molar-refractivity contribution < 1.29 is 9.90 Å². The Bertz CT molecular complexity index is 598. The van der Waals surface area contributed by atoms with E-state index in [0.29, 0.717) is 12.1 Å². The van der Waals surface area contributed by atoms with Gasteiger partial charge in [-0.3, -0.25) is 9.36 Å². The molecule has 0 saturated heterocycles. The molecule has 6 nitrogen and oxygen atoms in total. The first kappa shape index (κ1) is 13.1. The lowest BCUT2D eigenvalue weighted by atomic mass is 10.2. The van der Waals surface area contributed by atoms with Crippen LogP contribution in [-0.2, 0) is 4.79 Å². The molecule has 0 radical (unpaired) electrons. The molecule has 0 saturated carbocycles. The Hall–Kier alpha value is -2.34. The van der Waals surface area contributed by atoms with Crippen molar-refractivity contribution in [2.45, 2.75) is 12.8 Å². The van der Waals surface area contributed by atoms with Gasteiger partial charge in [-0.15, -0.1) is 0 Å². The van der Waals surface area contributed by atoms with E-state index in [-0.39, 0.29) is 24.6 Å². The van der Waals surface area contributed by atoms with Crippen molar-refractivity contribution in [3.8, 4) is 5.69 Å². The molecular weight excluding hydrogens is 246 g/mol. The van der Waals surface area contributed by atoms with Gasteiger partial charge in [0.1, 0.15) is 0 Å². The van der Waals surface area contributed by atoms with E-state index < -0.39 is 0 Å². The monoisotopic (exact) mass is 261 g/mol. The minimum Gasteiger partial charge on any atom is -0.396 e. The third kappa shape index (κ3) is 3.32. The lowest BCUT2D eigenvalue weighted by molar-refractivity contribution is -0.116. The predicted molar refractivity (Wildman–Crippen MR) is 71.3 cm³/mol. The summed E-state index contributed by atoms with van der Waals surface area (Å²) in [7, 11) is 0. The number of aromatic nitrogens is 2. The Kier molecular flexibility index (Phi) is 4.15. The number of H-pyrrole nitrogens is 1. The van der Waals surface area contributed by atoms with Crippen LogP contribution in [0.5, 0.6) is 0 Å². The molecule has 1 heterocycles. The number of aliphatic hydroxyl groups excluding tert-OH is 1. The molecule has 19 heavy (non-hydrogen) atoms. The number of amides is 1. The third-order valence-electron chi connectivity index (χ3n) is 2.64. The van der Waals surface area contributed by atoms with Crippen LogP contribution in [0.2, 0.25) is 0 Å². The number of rotatable bonds is 5. The van der Waals surface area contributed by atoms with Crippen LogP contribution >= 0.6 is 0 Å². The molecule has 100 valence electrons. The van der Waals surface area contributed by atoms with E-state index in [1.54, 1.807) is 36.7 Å². The predicted octanol–water partition coefficient (Wildman–Crippen LogP) is 0.877. The van der Waals surface area contributed by atoms with E-state index in [0.717, 1.165) is 5.69 Å². The Morgan fingerprint density at radius 2 is 2.05 bits per heavy atom. The molecule has 0 aliphatic heterocycles. The summed E-state index contributed by atoms with van der Waals surface area (Å²) in [6.45, 7) is 0.00274. The molecule has 0 unspecified atom stereocenters. The normalized spacial score (nSPS) is 10.4. The number of hydrogen-bond acceptors (Lipinski definition) is 3. The fourth-order valence-electron chi connectivity index (χ4n) is 1.69. The highest BCUT2D eigenvalue weighted by molar-refractivity contribution is 5.90. The van der Waals surface area contributed by atoms with Gasteiger partial charge in [0.05, 0.1) is 5.69 Å². The van der Waals surface area contributed by atoms with Gasteiger partial charge < -0.3 is 15.4 Å². The molecule has 0 aliphatic rings. The number of aromatic amines is 1. The largest absolute Gasteiger partial charge is 0.396 e. The number of hydrogen-bond donors (Lipinski definition) is 3. The zero-order valence-electron chi connectivity index (χ0n) is 10.3. The van der Waals surface area contributed by atoms with Gasteiger partial charge in [0.25, 0.3) is 0 Å². The summed E-state index contributed by atoms with van der Waals surface area (Å²) in [6, 6.07) is 6.95. The van der Waals surface area contributed by atoms with Crippen molar-refractivity contribution in [1.29, 1.82) is 0 Å². The maximum Gasteiger partial charge on any atom is 0.330 e. The number of carbonyl (C=O) groups excluding carboxylic acids is 1. The highest BCUT2D eigenvalue weighted by Gasteiger charge is 2.03. The molecule has 0 aliphatic carbocycles. The second-order valence-electron chi connectivity index (χ2n) is 4.06. The van der Waals surface area contributed by atoms with E-state index in [1.807, 2.05) is 0 Å². The van der Waals surface area contributed by atoms with Crippen LogP contribution in [0.15, 0.2) is 41.5 Å². The molecule has 0 fully saturated rings. The van der Waals surface area contributed by atoms with E-state index in [1.165, 1.54) is 4.57 Å². The quantitative estimate of drug-likeness (QED) is 0.746. The molecule has 3 N–H and O–H groups in total. The Morgan fingerprint density at radius 1 is 1.32 bits per heavy atom. The van der Waals surface area contributed by atoms with Crippen LogP contribution in [0, 0.1) is 0 Å². The Balaban J connectivity index is 2.05. The maximum absolute atomic E-state index is 11.5. The van der Waals surface area contributed by atoms with Crippen molar-refractivity contribution >= 4 is 11.6 Å². The molecule has 1 amide bonds. The zero-order valence-corrected chi connectivity index (χ0v) is 10.3. The highest BCUT2D eigenvalue weighted by Crippen LogP contribution is 2.12. The van der Waals surface area contributed by atoms with Crippen molar-refractivity contribution in [3.05, 3.63) is 47.1 Å². The van der Waals surface area contributed by atoms with Gasteiger partial charge >= 0.3 is 5.69 Å². The van der Waals surface area contributed by atoms with Crippen LogP contribution < -0.4 is 11.0 Å². The summed E-state index contributed by atoms with van der Waals surface area (Å²) in [5.41, 5.74) is 1.18. The highest BCUT2D eigenvalue weighted by atomic mass is 16.3. The van der Waals surface area contributed by atoms with Gasteiger partial charge in [0.15, 0.2) is 0 Å². The van der Waals surface area contributed by atoms with Crippen molar-refractivity contribution in [2.75, 3.05) is 11.9 Å². The van der Waals surface area contributed by atoms with E-state index >= 15 is 0 Å². The van der Waals surface area contributed by atoms with Gasteiger partial charge in [-0.2, -0.15) is 0 Å². The van der Waals surface area contributed by atoms with Gasteiger partial charge in [-0.1, -0.05) is 0 Å². The summed E-state index contributed by atoms with van der Waals surface area (Å²) in [5, 5.41) is 11.4. The summed E-state index contributed by atoms with van der Waals surface area (Å²) in [5.74, 6) is -0.138. The molecule has 0 spiro atoms. The molecular formula is C13H15N3O3. The van der Waals surface area contributed by atoms with E-state index in [9.17, 15) is 9.59 Å². The minimum atomic E-state index is -0.209. The second kappa shape index (κ2) is 6.01. The first-order valence-electron chi connectivity index (χ1n) is 5.98. The van der Waals surface area contributed by atoms with E-state index in [4.69, 9.17) is 5.11 Å². The van der Waals surface area contributed by atoms with Crippen LogP contribution in [0.3, 0.4) is 0 Å². The fraction of sp³-hybridized carbons (Fsp3) is 0.231. The molecule has 0 bridgehead atoms. The fourth-order valence-corrected chi connectivity index (χ4v) is 1.69. The summed E-state index contributed by atoms with van der Waals surface area (Å²) < 4.78 is 1.47. The number of benzene rings is 1. The molecule has 2 rings (SSSR count).